The van der Waals surface area contributed by atoms with Gasteiger partial charge in [0.1, 0.15) is 22.3 Å². The van der Waals surface area contributed by atoms with Crippen LogP contribution in [0.15, 0.2) is 288 Å². The van der Waals surface area contributed by atoms with Crippen LogP contribution in [-0.2, 0) is 10.8 Å². The van der Waals surface area contributed by atoms with Crippen molar-refractivity contribution in [3.8, 4) is 44.5 Å². The van der Waals surface area contributed by atoms with Crippen molar-refractivity contribution < 1.29 is 8.83 Å². The average Bonchev–Trinajstić information content (AvgIpc) is 4.15. The van der Waals surface area contributed by atoms with E-state index in [-0.39, 0.29) is 0 Å². The zero-order chi connectivity index (χ0) is 51.1. The molecule has 0 N–H and O–H groups in total. The van der Waals surface area contributed by atoms with Gasteiger partial charge in [0, 0.05) is 43.8 Å². The van der Waals surface area contributed by atoms with E-state index >= 15 is 0 Å². The molecule has 2 aromatic heterocycles. The number of hydrogen-bond acceptors (Lipinski definition) is 2. The van der Waals surface area contributed by atoms with Crippen molar-refractivity contribution in [3.05, 3.63) is 324 Å². The maximum Gasteiger partial charge on any atom is 0.143 e. The van der Waals surface area contributed by atoms with Crippen LogP contribution in [-0.4, -0.2) is 0 Å². The van der Waals surface area contributed by atoms with Crippen molar-refractivity contribution in [1.82, 2.24) is 0 Å². The lowest BCUT2D eigenvalue weighted by Crippen LogP contribution is -2.28. The Balaban J connectivity index is 0.909. The highest BCUT2D eigenvalue weighted by Gasteiger charge is 2.49. The number of rotatable bonds is 6. The van der Waals surface area contributed by atoms with E-state index in [0.717, 1.165) is 87.7 Å². The second kappa shape index (κ2) is 16.2. The van der Waals surface area contributed by atoms with Crippen LogP contribution < -0.4 is 0 Å². The van der Waals surface area contributed by atoms with Crippen molar-refractivity contribution in [2.75, 3.05) is 0 Å². The molecule has 15 aromatic rings. The van der Waals surface area contributed by atoms with E-state index in [9.17, 15) is 0 Å². The van der Waals surface area contributed by atoms with Crippen molar-refractivity contribution in [2.45, 2.75) is 10.8 Å². The van der Waals surface area contributed by atoms with Crippen LogP contribution in [0.1, 0.15) is 44.5 Å². The summed E-state index contributed by atoms with van der Waals surface area (Å²) in [6.07, 6.45) is 0. The molecule has 78 heavy (non-hydrogen) atoms. The first-order chi connectivity index (χ1) is 38.7. The molecule has 0 saturated heterocycles. The van der Waals surface area contributed by atoms with Gasteiger partial charge in [-0.3, -0.25) is 0 Å². The summed E-state index contributed by atoms with van der Waals surface area (Å²) in [6.45, 7) is 0. The van der Waals surface area contributed by atoms with Crippen LogP contribution in [0.5, 0.6) is 0 Å². The van der Waals surface area contributed by atoms with Crippen molar-refractivity contribution in [2.24, 2.45) is 0 Å². The maximum atomic E-state index is 7.28. The minimum atomic E-state index is -0.520. The molecule has 2 heterocycles. The van der Waals surface area contributed by atoms with Crippen LogP contribution in [0.4, 0.5) is 0 Å². The van der Waals surface area contributed by atoms with Crippen molar-refractivity contribution in [3.63, 3.8) is 0 Å². The molecule has 2 heteroatoms. The third-order valence-corrected chi connectivity index (χ3v) is 17.6. The average molecular weight is 991 g/mol. The van der Waals surface area contributed by atoms with Gasteiger partial charge in [0.25, 0.3) is 0 Å². The van der Waals surface area contributed by atoms with E-state index in [1.807, 2.05) is 0 Å². The van der Waals surface area contributed by atoms with Crippen molar-refractivity contribution >= 4 is 65.4 Å². The Labute approximate surface area is 450 Å². The smallest absolute Gasteiger partial charge is 0.143 e. The quantitative estimate of drug-likeness (QED) is 0.155. The van der Waals surface area contributed by atoms with Gasteiger partial charge in [-0.25, -0.2) is 0 Å². The summed E-state index contributed by atoms with van der Waals surface area (Å²) in [6, 6.07) is 103. The molecule has 2 nitrogen and oxygen atoms in total. The highest BCUT2D eigenvalue weighted by Crippen LogP contribution is 2.61. The Morgan fingerprint density at radius 3 is 0.859 bits per heavy atom. The molecule has 0 radical (unpaired) electrons. The van der Waals surface area contributed by atoms with E-state index in [1.54, 1.807) is 0 Å². The molecule has 0 spiro atoms. The molecule has 0 fully saturated rings. The lowest BCUT2D eigenvalue weighted by atomic mass is 9.67. The number of para-hydroxylation sites is 2. The van der Waals surface area contributed by atoms with E-state index in [2.05, 4.69) is 279 Å². The van der Waals surface area contributed by atoms with Gasteiger partial charge in [-0.1, -0.05) is 267 Å². The monoisotopic (exact) mass is 990 g/mol. The molecular weight excluding hydrogens is 945 g/mol. The normalized spacial score (nSPS) is 13.8. The first-order valence-corrected chi connectivity index (χ1v) is 27.1. The van der Waals surface area contributed by atoms with E-state index in [1.165, 1.54) is 66.8 Å². The molecule has 0 unspecified atom stereocenters. The van der Waals surface area contributed by atoms with E-state index in [0.29, 0.717) is 0 Å². The SMILES string of the molecule is c1ccc(C2(c3ccccc3)c3ccccc3-c3c2ccc2oc4c(-c5c6ccccc6c(-c6cccc7c6oc6ccc8c(c67)-c6ccccc6C8(c6ccccc6)c6ccccc6)c6ccccc56)cccc4c32)cc1. The van der Waals surface area contributed by atoms with Crippen molar-refractivity contribution in [1.29, 1.82) is 0 Å². The molecule has 0 bridgehead atoms. The van der Waals surface area contributed by atoms with E-state index < -0.39 is 10.8 Å². The molecule has 13 aromatic carbocycles. The fourth-order valence-corrected chi connectivity index (χ4v) is 14.7. The van der Waals surface area contributed by atoms with Gasteiger partial charge in [0.2, 0.25) is 0 Å². The Kier molecular flexibility index (Phi) is 9.01. The van der Waals surface area contributed by atoms with Gasteiger partial charge in [-0.15, -0.1) is 0 Å². The van der Waals surface area contributed by atoms with Gasteiger partial charge >= 0.3 is 0 Å². The standard InChI is InChI=1S/C76H46O2/c1-5-23-47(24-6-1)75(48-25-7-2-8-26-48)61-41-19-17-35-55(61)69-63(75)43-45-65-71(69)59-39-21-37-57(73(59)77-65)67-51-31-13-15-33-53(51)68(54-34-16-14-32-52(54)67)58-38-22-40-60-72-66(78-74(58)60)46-44-64-70(72)56-36-18-20-42-62(56)76(64,49-27-9-3-10-28-49)50-29-11-4-12-30-50/h1-46H. The summed E-state index contributed by atoms with van der Waals surface area (Å²) in [7, 11) is 0. The zero-order valence-electron chi connectivity index (χ0n) is 42.4. The predicted molar refractivity (Wildman–Crippen MR) is 321 cm³/mol. The summed E-state index contributed by atoms with van der Waals surface area (Å²) in [5.41, 5.74) is 21.9. The summed E-state index contributed by atoms with van der Waals surface area (Å²) < 4.78 is 14.6. The lowest BCUT2D eigenvalue weighted by Gasteiger charge is -2.33. The Bertz CT molecular complexity index is 4500. The third-order valence-electron chi connectivity index (χ3n) is 17.6. The van der Waals surface area contributed by atoms with Crippen LogP contribution >= 0.6 is 0 Å². The molecule has 17 rings (SSSR count). The summed E-state index contributed by atoms with van der Waals surface area (Å²) >= 11 is 0. The topological polar surface area (TPSA) is 26.3 Å². The largest absolute Gasteiger partial charge is 0.455 e. The lowest BCUT2D eigenvalue weighted by molar-refractivity contribution is 0.669. The first-order valence-electron chi connectivity index (χ1n) is 27.1. The second-order valence-electron chi connectivity index (χ2n) is 21.2. The third kappa shape index (κ3) is 5.55. The van der Waals surface area contributed by atoms with Gasteiger partial charge < -0.3 is 8.83 Å². The Hall–Kier alpha value is -10.0. The number of furan rings is 2. The van der Waals surface area contributed by atoms with Crippen LogP contribution in [0.3, 0.4) is 0 Å². The zero-order valence-corrected chi connectivity index (χ0v) is 42.4. The molecule has 0 saturated carbocycles. The Morgan fingerprint density at radius 1 is 0.205 bits per heavy atom. The molecule has 0 amide bonds. The maximum absolute atomic E-state index is 7.28. The summed E-state index contributed by atoms with van der Waals surface area (Å²) in [5, 5.41) is 9.11. The molecule has 362 valence electrons. The van der Waals surface area contributed by atoms with Crippen LogP contribution in [0.2, 0.25) is 0 Å². The number of fused-ring (bicyclic) bond motifs is 16. The number of hydrogen-bond donors (Lipinski definition) is 0. The molecule has 0 aliphatic heterocycles. The van der Waals surface area contributed by atoms with Gasteiger partial charge in [-0.2, -0.15) is 0 Å². The number of benzene rings is 13. The first kappa shape index (κ1) is 43.2. The molecule has 0 atom stereocenters. The molecular formula is C76H46O2. The summed E-state index contributed by atoms with van der Waals surface area (Å²) in [4.78, 5) is 0. The fourth-order valence-electron chi connectivity index (χ4n) is 14.7. The highest BCUT2D eigenvalue weighted by atomic mass is 16.3. The minimum absolute atomic E-state index is 0.520. The molecule has 2 aliphatic rings. The van der Waals surface area contributed by atoms with E-state index in [4.69, 9.17) is 8.83 Å². The fraction of sp³-hybridized carbons (Fsp3) is 0.0263. The van der Waals surface area contributed by atoms with Crippen LogP contribution in [0.25, 0.3) is 110 Å². The Morgan fingerprint density at radius 2 is 0.500 bits per heavy atom. The van der Waals surface area contributed by atoms with Gasteiger partial charge in [-0.05, 0) is 100 Å². The van der Waals surface area contributed by atoms with Gasteiger partial charge in [0.15, 0.2) is 0 Å². The van der Waals surface area contributed by atoms with Gasteiger partial charge in [0.05, 0.1) is 10.8 Å². The predicted octanol–water partition coefficient (Wildman–Crippen LogP) is 19.9. The minimum Gasteiger partial charge on any atom is -0.455 e. The molecule has 2 aliphatic carbocycles. The highest BCUT2D eigenvalue weighted by molar-refractivity contribution is 6.28. The second-order valence-corrected chi connectivity index (χ2v) is 21.2. The summed E-state index contributed by atoms with van der Waals surface area (Å²) in [5.74, 6) is 0. The van der Waals surface area contributed by atoms with Crippen LogP contribution in [0, 0.1) is 0 Å².